The minimum absolute atomic E-state index is 0.121. The van der Waals surface area contributed by atoms with E-state index < -0.39 is 5.82 Å². The molecule has 0 saturated heterocycles. The molecular weight excluding hydrogens is 257 g/mol. The first kappa shape index (κ1) is 14.1. The summed E-state index contributed by atoms with van der Waals surface area (Å²) in [4.78, 5) is 12.1. The molecule has 104 valence electrons. The van der Waals surface area contributed by atoms with Crippen molar-refractivity contribution in [2.24, 2.45) is 0 Å². The number of anilines is 1. The topological polar surface area (TPSA) is 38.3 Å². The minimum Gasteiger partial charge on any atom is -0.494 e. The van der Waals surface area contributed by atoms with E-state index in [1.807, 2.05) is 31.2 Å². The first-order valence-corrected chi connectivity index (χ1v) is 6.38. The quantitative estimate of drug-likeness (QED) is 0.923. The molecule has 0 unspecified atom stereocenters. The number of methoxy groups -OCH3 is 1. The molecule has 0 aromatic heterocycles. The van der Waals surface area contributed by atoms with Crippen LogP contribution in [0, 0.1) is 5.82 Å². The molecule has 2 rings (SSSR count). The molecule has 3 nitrogen and oxygen atoms in total. The standard InChI is InChI=1S/C16H16FNO2/c1-3-11-6-4-5-7-14(11)18-16(19)12-8-9-15(20-2)13(17)10-12/h4-10H,3H2,1-2H3,(H,18,19). The molecule has 0 aliphatic heterocycles. The van der Waals surface area contributed by atoms with Gasteiger partial charge in [0.05, 0.1) is 7.11 Å². The molecule has 0 aliphatic carbocycles. The Bertz CT molecular complexity index is 626. The van der Waals surface area contributed by atoms with Gasteiger partial charge in [-0.25, -0.2) is 4.39 Å². The summed E-state index contributed by atoms with van der Waals surface area (Å²) in [7, 11) is 1.38. The number of aryl methyl sites for hydroxylation is 1. The molecule has 0 radical (unpaired) electrons. The van der Waals surface area contributed by atoms with Crippen LogP contribution >= 0.6 is 0 Å². The molecule has 2 aromatic carbocycles. The Kier molecular flexibility index (Phi) is 4.35. The lowest BCUT2D eigenvalue weighted by molar-refractivity contribution is 0.102. The lowest BCUT2D eigenvalue weighted by Crippen LogP contribution is -2.13. The molecule has 0 heterocycles. The molecule has 0 bridgehead atoms. The second kappa shape index (κ2) is 6.19. The normalized spacial score (nSPS) is 10.2. The second-order valence-corrected chi connectivity index (χ2v) is 4.31. The van der Waals surface area contributed by atoms with E-state index in [0.29, 0.717) is 0 Å². The third kappa shape index (κ3) is 2.96. The van der Waals surface area contributed by atoms with Crippen molar-refractivity contribution in [3.8, 4) is 5.75 Å². The molecule has 0 fully saturated rings. The monoisotopic (exact) mass is 273 g/mol. The van der Waals surface area contributed by atoms with E-state index in [-0.39, 0.29) is 17.2 Å². The average Bonchev–Trinajstić information content (AvgIpc) is 2.47. The fourth-order valence-corrected chi connectivity index (χ4v) is 1.95. The second-order valence-electron chi connectivity index (χ2n) is 4.31. The number of ether oxygens (including phenoxy) is 1. The predicted molar refractivity (Wildman–Crippen MR) is 76.7 cm³/mol. The van der Waals surface area contributed by atoms with Crippen LogP contribution in [0.1, 0.15) is 22.8 Å². The van der Waals surface area contributed by atoms with E-state index in [2.05, 4.69) is 5.32 Å². The van der Waals surface area contributed by atoms with Gasteiger partial charge in [-0.1, -0.05) is 25.1 Å². The minimum atomic E-state index is -0.552. The summed E-state index contributed by atoms with van der Waals surface area (Å²) >= 11 is 0. The molecule has 0 aliphatic rings. The number of para-hydroxylation sites is 1. The van der Waals surface area contributed by atoms with Crippen molar-refractivity contribution in [1.29, 1.82) is 0 Å². The van der Waals surface area contributed by atoms with Crippen LogP contribution in [0.4, 0.5) is 10.1 Å². The number of hydrogen-bond donors (Lipinski definition) is 1. The van der Waals surface area contributed by atoms with Crippen molar-refractivity contribution >= 4 is 11.6 Å². The Hall–Kier alpha value is -2.36. The van der Waals surface area contributed by atoms with E-state index in [4.69, 9.17) is 4.74 Å². The first-order valence-electron chi connectivity index (χ1n) is 6.38. The highest BCUT2D eigenvalue weighted by Gasteiger charge is 2.11. The summed E-state index contributed by atoms with van der Waals surface area (Å²) in [5, 5.41) is 2.80. The fourth-order valence-electron chi connectivity index (χ4n) is 1.95. The van der Waals surface area contributed by atoms with Crippen molar-refractivity contribution < 1.29 is 13.9 Å². The van der Waals surface area contributed by atoms with Gasteiger partial charge in [0.15, 0.2) is 11.6 Å². The smallest absolute Gasteiger partial charge is 0.255 e. The van der Waals surface area contributed by atoms with E-state index in [1.54, 1.807) is 0 Å². The molecule has 1 N–H and O–H groups in total. The fraction of sp³-hybridized carbons (Fsp3) is 0.188. The molecule has 0 atom stereocenters. The number of hydrogen-bond acceptors (Lipinski definition) is 2. The van der Waals surface area contributed by atoms with Crippen molar-refractivity contribution in [3.63, 3.8) is 0 Å². The van der Waals surface area contributed by atoms with Crippen molar-refractivity contribution in [1.82, 2.24) is 0 Å². The molecular formula is C16H16FNO2. The third-order valence-electron chi connectivity index (χ3n) is 3.06. The molecule has 1 amide bonds. The maximum atomic E-state index is 13.6. The van der Waals surface area contributed by atoms with Crippen molar-refractivity contribution in [3.05, 3.63) is 59.4 Å². The Morgan fingerprint density at radius 3 is 2.65 bits per heavy atom. The summed E-state index contributed by atoms with van der Waals surface area (Å²) in [6, 6.07) is 11.7. The predicted octanol–water partition coefficient (Wildman–Crippen LogP) is 3.65. The Morgan fingerprint density at radius 2 is 2.00 bits per heavy atom. The van der Waals surface area contributed by atoms with E-state index >= 15 is 0 Å². The molecule has 0 saturated carbocycles. The summed E-state index contributed by atoms with van der Waals surface area (Å²) in [6.45, 7) is 2.01. The lowest BCUT2D eigenvalue weighted by Gasteiger charge is -2.10. The zero-order valence-corrected chi connectivity index (χ0v) is 11.4. The number of nitrogens with one attached hydrogen (secondary N) is 1. The van der Waals surface area contributed by atoms with Gasteiger partial charge in [-0.2, -0.15) is 0 Å². The third-order valence-corrected chi connectivity index (χ3v) is 3.06. The Balaban J connectivity index is 2.22. The van der Waals surface area contributed by atoms with Gasteiger partial charge in [0.25, 0.3) is 5.91 Å². The van der Waals surface area contributed by atoms with Gasteiger partial charge < -0.3 is 10.1 Å². The zero-order chi connectivity index (χ0) is 14.5. The highest BCUT2D eigenvalue weighted by molar-refractivity contribution is 6.04. The maximum absolute atomic E-state index is 13.6. The van der Waals surface area contributed by atoms with Gasteiger partial charge in [-0.15, -0.1) is 0 Å². The summed E-state index contributed by atoms with van der Waals surface area (Å²) in [5.74, 6) is -0.771. The SMILES string of the molecule is CCc1ccccc1NC(=O)c1ccc(OC)c(F)c1. The highest BCUT2D eigenvalue weighted by Crippen LogP contribution is 2.20. The van der Waals surface area contributed by atoms with Crippen LogP contribution in [-0.4, -0.2) is 13.0 Å². The lowest BCUT2D eigenvalue weighted by atomic mass is 10.1. The van der Waals surface area contributed by atoms with Crippen LogP contribution in [0.2, 0.25) is 0 Å². The van der Waals surface area contributed by atoms with Gasteiger partial charge in [-0.3, -0.25) is 4.79 Å². The molecule has 0 spiro atoms. The molecule has 20 heavy (non-hydrogen) atoms. The van der Waals surface area contributed by atoms with Crippen molar-refractivity contribution in [2.75, 3.05) is 12.4 Å². The van der Waals surface area contributed by atoms with Crippen LogP contribution in [-0.2, 0) is 6.42 Å². The van der Waals surface area contributed by atoms with Crippen LogP contribution < -0.4 is 10.1 Å². The molecule has 4 heteroatoms. The number of benzene rings is 2. The number of halogens is 1. The summed E-state index contributed by atoms with van der Waals surface area (Å²) in [6.07, 6.45) is 0.813. The van der Waals surface area contributed by atoms with Crippen LogP contribution in [0.5, 0.6) is 5.75 Å². The van der Waals surface area contributed by atoms with Crippen LogP contribution in [0.15, 0.2) is 42.5 Å². The van der Waals surface area contributed by atoms with Gasteiger partial charge in [0, 0.05) is 11.3 Å². The number of carbonyl (C=O) groups excluding carboxylic acids is 1. The van der Waals surface area contributed by atoms with E-state index in [9.17, 15) is 9.18 Å². The average molecular weight is 273 g/mol. The highest BCUT2D eigenvalue weighted by atomic mass is 19.1. The van der Waals surface area contributed by atoms with E-state index in [1.165, 1.54) is 25.3 Å². The number of amides is 1. The van der Waals surface area contributed by atoms with Crippen molar-refractivity contribution in [2.45, 2.75) is 13.3 Å². The largest absolute Gasteiger partial charge is 0.494 e. The maximum Gasteiger partial charge on any atom is 0.255 e. The van der Waals surface area contributed by atoms with Gasteiger partial charge in [-0.05, 0) is 36.2 Å². The number of rotatable bonds is 4. The van der Waals surface area contributed by atoms with E-state index in [0.717, 1.165) is 17.7 Å². The summed E-state index contributed by atoms with van der Waals surface area (Å²) in [5.41, 5.74) is 2.04. The van der Waals surface area contributed by atoms with Crippen LogP contribution in [0.25, 0.3) is 0 Å². The van der Waals surface area contributed by atoms with Crippen LogP contribution in [0.3, 0.4) is 0 Å². The molecule has 2 aromatic rings. The first-order chi connectivity index (χ1) is 9.65. The zero-order valence-electron chi connectivity index (χ0n) is 11.4. The van der Waals surface area contributed by atoms with Gasteiger partial charge >= 0.3 is 0 Å². The van der Waals surface area contributed by atoms with Gasteiger partial charge in [0.2, 0.25) is 0 Å². The summed E-state index contributed by atoms with van der Waals surface area (Å²) < 4.78 is 18.4. The Morgan fingerprint density at radius 1 is 1.25 bits per heavy atom. The number of carbonyl (C=O) groups is 1. The van der Waals surface area contributed by atoms with Gasteiger partial charge in [0.1, 0.15) is 0 Å². The Labute approximate surface area is 117 Å².